The molecule has 0 unspecified atom stereocenters. The lowest BCUT2D eigenvalue weighted by Crippen LogP contribution is -1.99. The summed E-state index contributed by atoms with van der Waals surface area (Å²) < 4.78 is 0. The van der Waals surface area contributed by atoms with Crippen molar-refractivity contribution in [2.24, 2.45) is 4.99 Å². The average Bonchev–Trinajstić information content (AvgIpc) is 2.71. The summed E-state index contributed by atoms with van der Waals surface area (Å²) in [5.74, 6) is 0.243. The van der Waals surface area contributed by atoms with Crippen molar-refractivity contribution in [1.82, 2.24) is 0 Å². The molecule has 0 atom stereocenters. The van der Waals surface area contributed by atoms with E-state index in [4.69, 9.17) is 4.99 Å². The van der Waals surface area contributed by atoms with Crippen molar-refractivity contribution in [2.45, 2.75) is 6.04 Å². The first-order valence-corrected chi connectivity index (χ1v) is 8.67. The molecule has 0 fully saturated rings. The maximum atomic E-state index is 10.4. The maximum Gasteiger partial charge on any atom is 0.124 e. The minimum absolute atomic E-state index is 0.115. The molecule has 26 heavy (non-hydrogen) atoms. The summed E-state index contributed by atoms with van der Waals surface area (Å²) in [6.45, 7) is 0. The first-order valence-electron chi connectivity index (χ1n) is 8.67. The van der Waals surface area contributed by atoms with Gasteiger partial charge in [0.25, 0.3) is 0 Å². The lowest BCUT2D eigenvalue weighted by atomic mass is 9.99. The highest BCUT2D eigenvalue weighted by Gasteiger charge is 2.12. The number of aromatic hydroxyl groups is 1. The van der Waals surface area contributed by atoms with Gasteiger partial charge < -0.3 is 5.11 Å². The van der Waals surface area contributed by atoms with Gasteiger partial charge in [-0.05, 0) is 28.0 Å². The number of hydrogen-bond donors (Lipinski definition) is 1. The molecule has 0 aliphatic rings. The van der Waals surface area contributed by atoms with Crippen molar-refractivity contribution >= 4 is 17.0 Å². The minimum atomic E-state index is -0.115. The van der Waals surface area contributed by atoms with Crippen molar-refractivity contribution in [3.8, 4) is 5.75 Å². The van der Waals surface area contributed by atoms with Crippen LogP contribution in [0.1, 0.15) is 22.7 Å². The van der Waals surface area contributed by atoms with Gasteiger partial charge in [-0.25, -0.2) is 0 Å². The van der Waals surface area contributed by atoms with Crippen LogP contribution in [0.4, 0.5) is 0 Å². The molecule has 0 aliphatic carbocycles. The first kappa shape index (κ1) is 16.1. The second kappa shape index (κ2) is 7.24. The number of aliphatic imine (C=N–C) groups is 1. The summed E-state index contributed by atoms with van der Waals surface area (Å²) in [6.07, 6.45) is 1.79. The second-order valence-electron chi connectivity index (χ2n) is 6.22. The fourth-order valence-electron chi connectivity index (χ4n) is 3.20. The molecule has 0 amide bonds. The molecule has 0 spiro atoms. The molecular formula is C24H19NO. The molecule has 0 bridgehead atoms. The lowest BCUT2D eigenvalue weighted by molar-refractivity contribution is 0.475. The van der Waals surface area contributed by atoms with Gasteiger partial charge in [-0.1, -0.05) is 91.0 Å². The van der Waals surface area contributed by atoms with E-state index in [0.29, 0.717) is 0 Å². The number of phenolic OH excluding ortho intramolecular Hbond substituents is 1. The zero-order valence-corrected chi connectivity index (χ0v) is 14.3. The molecule has 0 aliphatic heterocycles. The molecule has 4 aromatic carbocycles. The van der Waals surface area contributed by atoms with Gasteiger partial charge in [0, 0.05) is 11.8 Å². The van der Waals surface area contributed by atoms with Crippen LogP contribution in [0.5, 0.6) is 5.75 Å². The Kier molecular flexibility index (Phi) is 4.48. The van der Waals surface area contributed by atoms with E-state index in [-0.39, 0.29) is 11.8 Å². The van der Waals surface area contributed by atoms with E-state index in [9.17, 15) is 5.11 Å². The third-order valence-electron chi connectivity index (χ3n) is 4.53. The normalized spacial score (nSPS) is 11.4. The zero-order valence-electron chi connectivity index (χ0n) is 14.3. The van der Waals surface area contributed by atoms with Crippen molar-refractivity contribution < 1.29 is 5.11 Å². The van der Waals surface area contributed by atoms with Gasteiger partial charge in [0.15, 0.2) is 0 Å². The second-order valence-corrected chi connectivity index (χ2v) is 6.22. The number of fused-ring (bicyclic) bond motifs is 1. The summed E-state index contributed by atoms with van der Waals surface area (Å²) in [5.41, 5.74) is 2.99. The van der Waals surface area contributed by atoms with E-state index in [1.54, 1.807) is 12.3 Å². The predicted molar refractivity (Wildman–Crippen MR) is 108 cm³/mol. The SMILES string of the molecule is Oc1ccc2ccccc2c1C=NC(c1ccccc1)c1ccccc1. The molecule has 0 heterocycles. The number of benzene rings is 4. The van der Waals surface area contributed by atoms with Gasteiger partial charge in [0.2, 0.25) is 0 Å². The van der Waals surface area contributed by atoms with Crippen molar-refractivity contribution in [1.29, 1.82) is 0 Å². The molecule has 126 valence electrons. The Hall–Kier alpha value is -3.39. The largest absolute Gasteiger partial charge is 0.507 e. The third-order valence-corrected chi connectivity index (χ3v) is 4.53. The lowest BCUT2D eigenvalue weighted by Gasteiger charge is -2.14. The van der Waals surface area contributed by atoms with Crippen LogP contribution in [0.25, 0.3) is 10.8 Å². The van der Waals surface area contributed by atoms with Crippen molar-refractivity contribution in [3.05, 3.63) is 114 Å². The van der Waals surface area contributed by atoms with Gasteiger partial charge in [-0.15, -0.1) is 0 Å². The van der Waals surface area contributed by atoms with E-state index >= 15 is 0 Å². The fraction of sp³-hybridized carbons (Fsp3) is 0.0417. The van der Waals surface area contributed by atoms with Gasteiger partial charge in [-0.3, -0.25) is 4.99 Å². The summed E-state index contributed by atoms with van der Waals surface area (Å²) in [7, 11) is 0. The molecule has 1 N–H and O–H groups in total. The molecule has 0 saturated heterocycles. The number of phenols is 1. The van der Waals surface area contributed by atoms with Crippen LogP contribution in [-0.4, -0.2) is 11.3 Å². The van der Waals surface area contributed by atoms with Gasteiger partial charge in [-0.2, -0.15) is 0 Å². The average molecular weight is 337 g/mol. The Bertz CT molecular complexity index is 1000. The first-order chi connectivity index (χ1) is 12.8. The molecule has 2 nitrogen and oxygen atoms in total. The van der Waals surface area contributed by atoms with Crippen molar-refractivity contribution in [3.63, 3.8) is 0 Å². The smallest absolute Gasteiger partial charge is 0.124 e. The zero-order chi connectivity index (χ0) is 17.8. The summed E-state index contributed by atoms with van der Waals surface area (Å²) in [5, 5.41) is 12.5. The highest BCUT2D eigenvalue weighted by atomic mass is 16.3. The molecule has 4 rings (SSSR count). The Balaban J connectivity index is 1.81. The topological polar surface area (TPSA) is 32.6 Å². The maximum absolute atomic E-state index is 10.4. The molecule has 0 radical (unpaired) electrons. The quantitative estimate of drug-likeness (QED) is 0.472. The third kappa shape index (κ3) is 3.22. The minimum Gasteiger partial charge on any atom is -0.507 e. The van der Waals surface area contributed by atoms with Crippen LogP contribution in [-0.2, 0) is 0 Å². The molecule has 4 aromatic rings. The molecule has 0 aromatic heterocycles. The van der Waals surface area contributed by atoms with Gasteiger partial charge in [0.05, 0.1) is 6.04 Å². The van der Waals surface area contributed by atoms with E-state index in [0.717, 1.165) is 27.5 Å². The van der Waals surface area contributed by atoms with E-state index in [1.807, 2.05) is 66.7 Å². The monoisotopic (exact) mass is 337 g/mol. The molecule has 2 heteroatoms. The van der Waals surface area contributed by atoms with E-state index in [1.165, 1.54) is 0 Å². The summed E-state index contributed by atoms with van der Waals surface area (Å²) in [6, 6.07) is 32.0. The van der Waals surface area contributed by atoms with Crippen LogP contribution < -0.4 is 0 Å². The Morgan fingerprint density at radius 1 is 0.654 bits per heavy atom. The number of hydrogen-bond acceptors (Lipinski definition) is 2. The van der Waals surface area contributed by atoms with Crippen LogP contribution in [0, 0.1) is 0 Å². The van der Waals surface area contributed by atoms with E-state index < -0.39 is 0 Å². The number of nitrogens with zero attached hydrogens (tertiary/aromatic N) is 1. The molecular weight excluding hydrogens is 318 g/mol. The highest BCUT2D eigenvalue weighted by molar-refractivity contribution is 6.02. The van der Waals surface area contributed by atoms with Crippen LogP contribution in [0.2, 0.25) is 0 Å². The van der Waals surface area contributed by atoms with E-state index in [2.05, 4.69) is 24.3 Å². The van der Waals surface area contributed by atoms with Crippen molar-refractivity contribution in [2.75, 3.05) is 0 Å². The Morgan fingerprint density at radius 3 is 1.88 bits per heavy atom. The fourth-order valence-corrected chi connectivity index (χ4v) is 3.20. The number of rotatable bonds is 4. The summed E-state index contributed by atoms with van der Waals surface area (Å²) in [4.78, 5) is 4.86. The van der Waals surface area contributed by atoms with Crippen LogP contribution in [0.15, 0.2) is 102 Å². The predicted octanol–water partition coefficient (Wildman–Crippen LogP) is 5.75. The molecule has 0 saturated carbocycles. The Morgan fingerprint density at radius 2 is 1.23 bits per heavy atom. The van der Waals surface area contributed by atoms with Gasteiger partial charge in [0.1, 0.15) is 5.75 Å². The van der Waals surface area contributed by atoms with Gasteiger partial charge >= 0.3 is 0 Å². The summed E-state index contributed by atoms with van der Waals surface area (Å²) >= 11 is 0. The standard InChI is InChI=1S/C24H19NO/c26-23-16-15-18-9-7-8-14-21(18)22(23)17-25-24(19-10-3-1-4-11-19)20-12-5-2-6-13-20/h1-17,24,26H. The van der Waals surface area contributed by atoms with Crippen LogP contribution >= 0.6 is 0 Å². The Labute approximate surface area is 153 Å². The van der Waals surface area contributed by atoms with Crippen LogP contribution in [0.3, 0.4) is 0 Å². The highest BCUT2D eigenvalue weighted by Crippen LogP contribution is 2.29.